The molecule has 1 aromatic carbocycles. The van der Waals surface area contributed by atoms with Crippen molar-refractivity contribution in [1.82, 2.24) is 0 Å². The lowest BCUT2D eigenvalue weighted by molar-refractivity contribution is -0.385. The molecular weight excluding hydrogens is 258 g/mol. The molecule has 0 heterocycles. The quantitative estimate of drug-likeness (QED) is 0.636. The van der Waals surface area contributed by atoms with Gasteiger partial charge in [0, 0.05) is 16.7 Å². The van der Waals surface area contributed by atoms with Crippen LogP contribution in [0.4, 0.5) is 5.69 Å². The number of nitro benzene ring substituents is 1. The Labute approximate surface area is 110 Å². The molecule has 0 saturated carbocycles. The van der Waals surface area contributed by atoms with E-state index in [1.165, 1.54) is 18.2 Å². The molecule has 0 bridgehead atoms. The Bertz CT molecular complexity index is 461. The first-order valence-electron chi connectivity index (χ1n) is 5.61. The Morgan fingerprint density at radius 1 is 1.56 bits per heavy atom. The lowest BCUT2D eigenvalue weighted by atomic mass is 9.94. The molecule has 0 amide bonds. The molecule has 1 aromatic rings. The number of nitrogens with zero attached hydrogens (tertiary/aromatic N) is 1. The average molecular weight is 272 g/mol. The summed E-state index contributed by atoms with van der Waals surface area (Å²) < 4.78 is 0. The van der Waals surface area contributed by atoms with Crippen molar-refractivity contribution < 1.29 is 14.8 Å². The Balaban J connectivity index is 3.01. The van der Waals surface area contributed by atoms with Gasteiger partial charge in [0.1, 0.15) is 0 Å². The van der Waals surface area contributed by atoms with E-state index >= 15 is 0 Å². The van der Waals surface area contributed by atoms with Crippen LogP contribution in [-0.2, 0) is 11.2 Å². The Morgan fingerprint density at radius 3 is 2.72 bits per heavy atom. The minimum absolute atomic E-state index is 0.121. The molecule has 1 N–H and O–H groups in total. The summed E-state index contributed by atoms with van der Waals surface area (Å²) in [6.07, 6.45) is 1.37. The van der Waals surface area contributed by atoms with E-state index in [0.717, 1.165) is 6.42 Å². The maximum absolute atomic E-state index is 11.0. The zero-order valence-electron chi connectivity index (χ0n) is 9.93. The highest BCUT2D eigenvalue weighted by molar-refractivity contribution is 6.30. The van der Waals surface area contributed by atoms with Gasteiger partial charge in [0.25, 0.3) is 5.69 Å². The molecule has 0 aliphatic heterocycles. The largest absolute Gasteiger partial charge is 0.481 e. The number of hydrogen-bond donors (Lipinski definition) is 1. The molecule has 0 aliphatic carbocycles. The molecule has 1 atom stereocenters. The lowest BCUT2D eigenvalue weighted by Gasteiger charge is -2.11. The van der Waals surface area contributed by atoms with Crippen LogP contribution < -0.4 is 0 Å². The van der Waals surface area contributed by atoms with Crippen molar-refractivity contribution >= 4 is 23.3 Å². The average Bonchev–Trinajstić information content (AvgIpc) is 2.30. The van der Waals surface area contributed by atoms with Crippen LogP contribution in [0.15, 0.2) is 18.2 Å². The van der Waals surface area contributed by atoms with Crippen molar-refractivity contribution in [2.75, 3.05) is 0 Å². The van der Waals surface area contributed by atoms with E-state index in [1.807, 2.05) is 6.92 Å². The predicted octanol–water partition coefficient (Wildman–Crippen LogP) is 3.29. The molecule has 98 valence electrons. The summed E-state index contributed by atoms with van der Waals surface area (Å²) >= 11 is 5.70. The molecule has 0 spiro atoms. The first kappa shape index (κ1) is 14.4. The first-order valence-corrected chi connectivity index (χ1v) is 5.99. The third-order valence-corrected chi connectivity index (χ3v) is 2.93. The molecule has 1 unspecified atom stereocenters. The SMILES string of the molecule is CCCC(Cc1ccc(Cl)cc1[N+](=O)[O-])C(=O)O. The van der Waals surface area contributed by atoms with Crippen molar-refractivity contribution in [1.29, 1.82) is 0 Å². The van der Waals surface area contributed by atoms with Gasteiger partial charge in [0.05, 0.1) is 10.8 Å². The summed E-state index contributed by atoms with van der Waals surface area (Å²) in [4.78, 5) is 21.4. The third kappa shape index (κ3) is 3.70. The van der Waals surface area contributed by atoms with Crippen LogP contribution in [0.1, 0.15) is 25.3 Å². The molecule has 1 rings (SSSR count). The fraction of sp³-hybridized carbons (Fsp3) is 0.417. The summed E-state index contributed by atoms with van der Waals surface area (Å²) in [7, 11) is 0. The predicted molar refractivity (Wildman–Crippen MR) is 67.8 cm³/mol. The fourth-order valence-corrected chi connectivity index (χ4v) is 1.97. The number of aliphatic carboxylic acids is 1. The van der Waals surface area contributed by atoms with Crippen molar-refractivity contribution in [2.45, 2.75) is 26.2 Å². The normalized spacial score (nSPS) is 12.1. The van der Waals surface area contributed by atoms with Gasteiger partial charge in [-0.05, 0) is 18.9 Å². The van der Waals surface area contributed by atoms with Crippen molar-refractivity contribution in [2.24, 2.45) is 5.92 Å². The number of carbonyl (C=O) groups is 1. The molecule has 18 heavy (non-hydrogen) atoms. The second kappa shape index (κ2) is 6.35. The highest BCUT2D eigenvalue weighted by Crippen LogP contribution is 2.26. The summed E-state index contributed by atoms with van der Waals surface area (Å²) in [6, 6.07) is 4.31. The lowest BCUT2D eigenvalue weighted by Crippen LogP contribution is -2.16. The number of nitro groups is 1. The minimum Gasteiger partial charge on any atom is -0.481 e. The maximum Gasteiger partial charge on any atom is 0.306 e. The highest BCUT2D eigenvalue weighted by atomic mass is 35.5. The zero-order chi connectivity index (χ0) is 13.7. The van der Waals surface area contributed by atoms with Crippen LogP contribution in [-0.4, -0.2) is 16.0 Å². The Hall–Kier alpha value is -1.62. The topological polar surface area (TPSA) is 80.4 Å². The zero-order valence-corrected chi connectivity index (χ0v) is 10.7. The molecule has 0 saturated heterocycles. The van der Waals surface area contributed by atoms with Gasteiger partial charge < -0.3 is 5.11 Å². The Morgan fingerprint density at radius 2 is 2.22 bits per heavy atom. The number of hydrogen-bond acceptors (Lipinski definition) is 3. The third-order valence-electron chi connectivity index (χ3n) is 2.70. The molecule has 0 aromatic heterocycles. The van der Waals surface area contributed by atoms with E-state index < -0.39 is 16.8 Å². The van der Waals surface area contributed by atoms with Gasteiger partial charge in [-0.25, -0.2) is 0 Å². The van der Waals surface area contributed by atoms with E-state index in [9.17, 15) is 14.9 Å². The summed E-state index contributed by atoms with van der Waals surface area (Å²) in [6.45, 7) is 1.88. The maximum atomic E-state index is 11.0. The summed E-state index contributed by atoms with van der Waals surface area (Å²) in [5.41, 5.74) is 0.287. The second-order valence-electron chi connectivity index (χ2n) is 4.06. The van der Waals surface area contributed by atoms with Crippen LogP contribution >= 0.6 is 11.6 Å². The van der Waals surface area contributed by atoms with Crippen LogP contribution in [0.2, 0.25) is 5.02 Å². The van der Waals surface area contributed by atoms with Gasteiger partial charge in [-0.1, -0.05) is 31.0 Å². The molecule has 0 radical (unpaired) electrons. The van der Waals surface area contributed by atoms with E-state index in [2.05, 4.69) is 0 Å². The number of carboxylic acids is 1. The van der Waals surface area contributed by atoms with Crippen molar-refractivity contribution in [3.8, 4) is 0 Å². The highest BCUT2D eigenvalue weighted by Gasteiger charge is 2.22. The molecule has 0 fully saturated rings. The van der Waals surface area contributed by atoms with Crippen LogP contribution in [0.5, 0.6) is 0 Å². The first-order chi connectivity index (χ1) is 8.45. The molecule has 5 nitrogen and oxygen atoms in total. The molecular formula is C12H14ClNO4. The van der Waals surface area contributed by atoms with E-state index in [1.54, 1.807) is 0 Å². The van der Waals surface area contributed by atoms with Crippen LogP contribution in [0.25, 0.3) is 0 Å². The van der Waals surface area contributed by atoms with Gasteiger partial charge >= 0.3 is 5.97 Å². The van der Waals surface area contributed by atoms with Gasteiger partial charge in [0.2, 0.25) is 0 Å². The number of benzene rings is 1. The van der Waals surface area contributed by atoms with Crippen LogP contribution in [0.3, 0.4) is 0 Å². The number of halogens is 1. The summed E-state index contributed by atoms with van der Waals surface area (Å²) in [5, 5.41) is 20.2. The second-order valence-corrected chi connectivity index (χ2v) is 4.49. The van der Waals surface area contributed by atoms with Crippen molar-refractivity contribution in [3.63, 3.8) is 0 Å². The Kier molecular flexibility index (Phi) is 5.09. The smallest absolute Gasteiger partial charge is 0.306 e. The van der Waals surface area contributed by atoms with E-state index in [4.69, 9.17) is 16.7 Å². The van der Waals surface area contributed by atoms with Crippen LogP contribution in [0, 0.1) is 16.0 Å². The summed E-state index contributed by atoms with van der Waals surface area (Å²) in [5.74, 6) is -1.53. The molecule has 0 aliphatic rings. The number of carboxylic acid groups (broad SMARTS) is 1. The minimum atomic E-state index is -0.930. The van der Waals surface area contributed by atoms with E-state index in [-0.39, 0.29) is 17.1 Å². The van der Waals surface area contributed by atoms with Gasteiger partial charge in [-0.2, -0.15) is 0 Å². The number of rotatable bonds is 6. The molecule has 6 heteroatoms. The van der Waals surface area contributed by atoms with Gasteiger partial charge in [-0.15, -0.1) is 0 Å². The van der Waals surface area contributed by atoms with Gasteiger partial charge in [-0.3, -0.25) is 14.9 Å². The fourth-order valence-electron chi connectivity index (χ4n) is 1.81. The monoisotopic (exact) mass is 271 g/mol. The standard InChI is InChI=1S/C12H14ClNO4/c1-2-3-9(12(15)16)6-8-4-5-10(13)7-11(8)14(17)18/h4-5,7,9H,2-3,6H2,1H3,(H,15,16). The van der Waals surface area contributed by atoms with Crippen molar-refractivity contribution in [3.05, 3.63) is 38.9 Å². The van der Waals surface area contributed by atoms with E-state index in [0.29, 0.717) is 12.0 Å². The van der Waals surface area contributed by atoms with Gasteiger partial charge in [0.15, 0.2) is 0 Å².